The van der Waals surface area contributed by atoms with E-state index in [1.54, 1.807) is 0 Å². The molecule has 2 aliphatic rings. The van der Waals surface area contributed by atoms with Crippen LogP contribution in [0.15, 0.2) is 42.7 Å². The van der Waals surface area contributed by atoms with Gasteiger partial charge in [-0.25, -0.2) is 0 Å². The summed E-state index contributed by atoms with van der Waals surface area (Å²) in [5.41, 5.74) is 0.806. The van der Waals surface area contributed by atoms with Gasteiger partial charge in [-0.1, -0.05) is 6.07 Å². The summed E-state index contributed by atoms with van der Waals surface area (Å²) in [4.78, 5) is 12.6. The average molecular weight is 342 g/mol. The highest BCUT2D eigenvalue weighted by Gasteiger charge is 2.36. The molecule has 0 bridgehead atoms. The van der Waals surface area contributed by atoms with E-state index in [0.29, 0.717) is 26.2 Å². The molecule has 0 aliphatic carbocycles. The number of carbonyl (C=O) groups excluding carboxylic acids is 1. The van der Waals surface area contributed by atoms with Gasteiger partial charge in [0.15, 0.2) is 11.5 Å². The molecule has 6 heteroatoms. The van der Waals surface area contributed by atoms with Crippen LogP contribution in [0.25, 0.3) is 0 Å². The lowest BCUT2D eigenvalue weighted by Crippen LogP contribution is -2.43. The Balaban J connectivity index is 1.40. The van der Waals surface area contributed by atoms with Crippen LogP contribution in [0.4, 0.5) is 0 Å². The monoisotopic (exact) mass is 342 g/mol. The molecular formula is C19H22N2O4. The van der Waals surface area contributed by atoms with Gasteiger partial charge in [0, 0.05) is 32.2 Å². The molecule has 1 aromatic carbocycles. The van der Waals surface area contributed by atoms with Crippen molar-refractivity contribution in [2.24, 2.45) is 0 Å². The normalized spacial score (nSPS) is 18.1. The summed E-state index contributed by atoms with van der Waals surface area (Å²) in [5, 5.41) is 3.03. The van der Waals surface area contributed by atoms with Crippen molar-refractivity contribution >= 4 is 5.91 Å². The zero-order valence-corrected chi connectivity index (χ0v) is 14.1. The molecule has 1 aromatic heterocycles. The molecule has 132 valence electrons. The number of amides is 1. The van der Waals surface area contributed by atoms with Gasteiger partial charge in [0.2, 0.25) is 12.7 Å². The van der Waals surface area contributed by atoms with Gasteiger partial charge in [-0.05, 0) is 42.7 Å². The van der Waals surface area contributed by atoms with Gasteiger partial charge in [-0.15, -0.1) is 0 Å². The van der Waals surface area contributed by atoms with Crippen molar-refractivity contribution in [3.05, 3.63) is 48.3 Å². The molecular weight excluding hydrogens is 320 g/mol. The lowest BCUT2D eigenvalue weighted by molar-refractivity contribution is -0.124. The largest absolute Gasteiger partial charge is 0.454 e. The van der Waals surface area contributed by atoms with Crippen LogP contribution in [0.5, 0.6) is 11.5 Å². The molecule has 1 fully saturated rings. The lowest BCUT2D eigenvalue weighted by Gasteiger charge is -2.38. The van der Waals surface area contributed by atoms with Gasteiger partial charge in [0.05, 0.1) is 12.0 Å². The van der Waals surface area contributed by atoms with Crippen LogP contribution in [0, 0.1) is 0 Å². The van der Waals surface area contributed by atoms with E-state index in [9.17, 15) is 4.79 Å². The van der Waals surface area contributed by atoms with E-state index in [2.05, 4.69) is 9.88 Å². The third-order valence-electron chi connectivity index (χ3n) is 4.99. The Labute approximate surface area is 146 Å². The maximum atomic E-state index is 12.6. The molecule has 25 heavy (non-hydrogen) atoms. The van der Waals surface area contributed by atoms with Gasteiger partial charge in [-0.2, -0.15) is 0 Å². The second-order valence-corrected chi connectivity index (χ2v) is 6.57. The molecule has 1 saturated heterocycles. The molecule has 0 radical (unpaired) electrons. The highest BCUT2D eigenvalue weighted by Crippen LogP contribution is 2.34. The van der Waals surface area contributed by atoms with Crippen molar-refractivity contribution in [3.63, 3.8) is 0 Å². The number of aromatic nitrogens is 1. The third kappa shape index (κ3) is 3.35. The quantitative estimate of drug-likeness (QED) is 0.907. The predicted molar refractivity (Wildman–Crippen MR) is 91.5 cm³/mol. The minimum absolute atomic E-state index is 0.0493. The van der Waals surface area contributed by atoms with E-state index in [0.717, 1.165) is 29.9 Å². The number of hydrogen-bond acceptors (Lipinski definition) is 4. The zero-order valence-electron chi connectivity index (χ0n) is 14.1. The van der Waals surface area contributed by atoms with Crippen LogP contribution in [0.3, 0.4) is 0 Å². The Kier molecular flexibility index (Phi) is 4.36. The topological polar surface area (TPSA) is 61.7 Å². The van der Waals surface area contributed by atoms with Crippen molar-refractivity contribution in [2.75, 3.05) is 20.0 Å². The van der Waals surface area contributed by atoms with Crippen molar-refractivity contribution in [1.82, 2.24) is 9.88 Å². The molecule has 2 aliphatic heterocycles. The van der Waals surface area contributed by atoms with Crippen LogP contribution < -0.4 is 14.8 Å². The smallest absolute Gasteiger partial charge is 0.231 e. The first-order valence-corrected chi connectivity index (χ1v) is 8.62. The van der Waals surface area contributed by atoms with E-state index in [1.165, 1.54) is 0 Å². The molecule has 0 spiro atoms. The molecule has 0 atom stereocenters. The number of nitrogens with one attached hydrogen (secondary N) is 1. The number of nitrogens with zero attached hydrogens (tertiary/aromatic N) is 1. The number of fused-ring (bicyclic) bond motifs is 1. The second kappa shape index (κ2) is 6.80. The zero-order chi connectivity index (χ0) is 17.1. The van der Waals surface area contributed by atoms with Gasteiger partial charge in [0.1, 0.15) is 0 Å². The van der Waals surface area contributed by atoms with Gasteiger partial charge < -0.3 is 24.1 Å². The highest BCUT2D eigenvalue weighted by molar-refractivity contribution is 5.77. The molecule has 0 unspecified atom stereocenters. The van der Waals surface area contributed by atoms with E-state index in [1.807, 2.05) is 42.7 Å². The summed E-state index contributed by atoms with van der Waals surface area (Å²) in [6, 6.07) is 9.75. The van der Waals surface area contributed by atoms with Crippen molar-refractivity contribution < 1.29 is 19.0 Å². The number of hydrogen-bond donors (Lipinski definition) is 1. The first-order chi connectivity index (χ1) is 12.3. The Morgan fingerprint density at radius 3 is 2.68 bits per heavy atom. The summed E-state index contributed by atoms with van der Waals surface area (Å²) < 4.78 is 18.4. The Hall–Kier alpha value is -2.47. The van der Waals surface area contributed by atoms with Gasteiger partial charge >= 0.3 is 0 Å². The summed E-state index contributed by atoms with van der Waals surface area (Å²) >= 11 is 0. The fourth-order valence-electron chi connectivity index (χ4n) is 3.54. The van der Waals surface area contributed by atoms with E-state index >= 15 is 0 Å². The van der Waals surface area contributed by atoms with Crippen molar-refractivity contribution in [1.29, 1.82) is 0 Å². The first kappa shape index (κ1) is 16.0. The third-order valence-corrected chi connectivity index (χ3v) is 4.99. The fourth-order valence-corrected chi connectivity index (χ4v) is 3.54. The minimum Gasteiger partial charge on any atom is -0.454 e. The first-order valence-electron chi connectivity index (χ1n) is 8.62. The lowest BCUT2D eigenvalue weighted by atomic mass is 9.86. The summed E-state index contributed by atoms with van der Waals surface area (Å²) in [6.07, 6.45) is 6.22. The van der Waals surface area contributed by atoms with Crippen molar-refractivity contribution in [2.45, 2.75) is 31.3 Å². The van der Waals surface area contributed by atoms with E-state index in [-0.39, 0.29) is 18.2 Å². The number of carbonyl (C=O) groups is 1. The highest BCUT2D eigenvalue weighted by atomic mass is 16.7. The molecule has 2 aromatic rings. The van der Waals surface area contributed by atoms with Crippen LogP contribution in [0.2, 0.25) is 0 Å². The van der Waals surface area contributed by atoms with Crippen molar-refractivity contribution in [3.8, 4) is 11.5 Å². The summed E-state index contributed by atoms with van der Waals surface area (Å²) in [5.74, 6) is 1.54. The Morgan fingerprint density at radius 2 is 1.88 bits per heavy atom. The maximum Gasteiger partial charge on any atom is 0.231 e. The van der Waals surface area contributed by atoms with Crippen LogP contribution in [0.1, 0.15) is 24.8 Å². The molecule has 6 nitrogen and oxygen atoms in total. The number of rotatable bonds is 5. The predicted octanol–water partition coefficient (Wildman–Crippen LogP) is 2.43. The Morgan fingerprint density at radius 1 is 1.12 bits per heavy atom. The molecule has 3 heterocycles. The molecule has 1 N–H and O–H groups in total. The maximum absolute atomic E-state index is 12.6. The minimum atomic E-state index is -0.194. The van der Waals surface area contributed by atoms with Crippen LogP contribution in [-0.4, -0.2) is 30.5 Å². The summed E-state index contributed by atoms with van der Waals surface area (Å²) in [6.45, 7) is 2.11. The van der Waals surface area contributed by atoms with Crippen LogP contribution >= 0.6 is 0 Å². The number of benzene rings is 1. The van der Waals surface area contributed by atoms with Gasteiger partial charge in [-0.3, -0.25) is 4.79 Å². The van der Waals surface area contributed by atoms with E-state index < -0.39 is 0 Å². The SMILES string of the molecule is O=C(CC1(n2cccc2)CCOCC1)NCc1ccc2c(c1)OCO2. The molecule has 1 amide bonds. The number of ether oxygens (including phenoxy) is 3. The average Bonchev–Trinajstić information content (AvgIpc) is 3.32. The summed E-state index contributed by atoms with van der Waals surface area (Å²) in [7, 11) is 0. The van der Waals surface area contributed by atoms with Crippen LogP contribution in [-0.2, 0) is 21.6 Å². The van der Waals surface area contributed by atoms with Gasteiger partial charge in [0.25, 0.3) is 0 Å². The fraction of sp³-hybridized carbons (Fsp3) is 0.421. The second-order valence-electron chi connectivity index (χ2n) is 6.57. The Bertz CT molecular complexity index is 736. The molecule has 4 rings (SSSR count). The molecule has 0 saturated carbocycles. The van der Waals surface area contributed by atoms with E-state index in [4.69, 9.17) is 14.2 Å². The standard InChI is InChI=1S/C19H22N2O4/c22-18(20-13-15-3-4-16-17(11-15)25-14-24-16)12-19(5-9-23-10-6-19)21-7-1-2-8-21/h1-4,7-8,11H,5-6,9-10,12-14H2,(H,20,22).